The maximum Gasteiger partial charge on any atom is 0.324 e. The molecule has 2 aliphatic heterocycles. The maximum atomic E-state index is 12.4. The molecule has 0 atom stereocenters. The van der Waals surface area contributed by atoms with Gasteiger partial charge >= 0.3 is 6.03 Å². The number of halogens is 1. The van der Waals surface area contributed by atoms with Gasteiger partial charge in [-0.3, -0.25) is 9.69 Å². The Labute approximate surface area is 130 Å². The minimum Gasteiger partial charge on any atom is -0.329 e. The van der Waals surface area contributed by atoms with E-state index in [4.69, 9.17) is 0 Å². The summed E-state index contributed by atoms with van der Waals surface area (Å²) in [5.74, 6) is -0.314. The third-order valence-electron chi connectivity index (χ3n) is 3.52. The normalized spacial score (nSPS) is 20.5. The van der Waals surface area contributed by atoms with Gasteiger partial charge in [-0.2, -0.15) is 4.31 Å². The Morgan fingerprint density at radius 2 is 1.76 bits per heavy atom. The number of hydrogen-bond donors (Lipinski definition) is 1. The summed E-state index contributed by atoms with van der Waals surface area (Å²) in [7, 11) is -3.57. The summed E-state index contributed by atoms with van der Waals surface area (Å²) in [6.07, 6.45) is 0. The molecule has 0 saturated carbocycles. The van der Waals surface area contributed by atoms with Gasteiger partial charge in [-0.05, 0) is 24.3 Å². The average molecular weight is 374 g/mol. The minimum atomic E-state index is -3.57. The van der Waals surface area contributed by atoms with E-state index in [2.05, 4.69) is 21.2 Å². The first kappa shape index (κ1) is 14.5. The molecule has 9 heteroatoms. The predicted molar refractivity (Wildman–Crippen MR) is 76.9 cm³/mol. The molecule has 2 fully saturated rings. The Balaban J connectivity index is 1.72. The van der Waals surface area contributed by atoms with Crippen LogP contribution in [0.3, 0.4) is 0 Å². The van der Waals surface area contributed by atoms with Crippen molar-refractivity contribution in [2.45, 2.75) is 10.9 Å². The highest BCUT2D eigenvalue weighted by atomic mass is 79.9. The van der Waals surface area contributed by atoms with Crippen LogP contribution in [0.5, 0.6) is 0 Å². The Hall–Kier alpha value is -1.45. The van der Waals surface area contributed by atoms with Crippen LogP contribution in [0.2, 0.25) is 0 Å². The predicted octanol–water partition coefficient (Wildman–Crippen LogP) is 0.374. The van der Waals surface area contributed by atoms with Gasteiger partial charge in [0.2, 0.25) is 15.9 Å². The van der Waals surface area contributed by atoms with Crippen molar-refractivity contribution in [3.63, 3.8) is 0 Å². The summed E-state index contributed by atoms with van der Waals surface area (Å²) in [6, 6.07) is 5.50. The number of carbonyl (C=O) groups is 2. The van der Waals surface area contributed by atoms with Crippen molar-refractivity contribution in [1.82, 2.24) is 14.5 Å². The molecule has 7 nitrogen and oxygen atoms in total. The lowest BCUT2D eigenvalue weighted by Crippen LogP contribution is -2.62. The fourth-order valence-corrected chi connectivity index (χ4v) is 4.12. The number of benzene rings is 1. The molecule has 1 N–H and O–H groups in total. The van der Waals surface area contributed by atoms with Crippen molar-refractivity contribution in [3.05, 3.63) is 28.7 Å². The van der Waals surface area contributed by atoms with Crippen LogP contribution in [0, 0.1) is 0 Å². The number of carbonyl (C=O) groups excluding carboxylic acids is 2. The lowest BCUT2D eigenvalue weighted by atomic mass is 10.1. The molecule has 1 aromatic carbocycles. The molecule has 112 valence electrons. The van der Waals surface area contributed by atoms with E-state index in [1.54, 1.807) is 12.1 Å². The first-order valence-electron chi connectivity index (χ1n) is 6.25. The Bertz CT molecular complexity index is 682. The summed E-state index contributed by atoms with van der Waals surface area (Å²) in [5, 5.41) is 2.42. The lowest BCUT2D eigenvalue weighted by molar-refractivity contribution is -0.128. The number of nitrogens with one attached hydrogen (secondary N) is 1. The molecular weight excluding hydrogens is 362 g/mol. The number of rotatable bonds is 3. The highest BCUT2D eigenvalue weighted by Gasteiger charge is 2.45. The second-order valence-electron chi connectivity index (χ2n) is 4.85. The molecule has 0 aliphatic carbocycles. The van der Waals surface area contributed by atoms with Crippen LogP contribution in [0.1, 0.15) is 0 Å². The fourth-order valence-electron chi connectivity index (χ4n) is 2.34. The summed E-state index contributed by atoms with van der Waals surface area (Å²) in [4.78, 5) is 24.4. The minimum absolute atomic E-state index is 0.0191. The van der Waals surface area contributed by atoms with Crippen molar-refractivity contribution < 1.29 is 18.0 Å². The molecule has 3 amide bonds. The van der Waals surface area contributed by atoms with Gasteiger partial charge in [0.1, 0.15) is 0 Å². The SMILES string of the molecule is O=C1CNC(=O)N1C1CN(S(=O)(=O)c2ccc(Br)cc2)C1. The van der Waals surface area contributed by atoms with E-state index < -0.39 is 16.1 Å². The Morgan fingerprint density at radius 3 is 2.29 bits per heavy atom. The number of nitrogens with zero attached hydrogens (tertiary/aromatic N) is 2. The van der Waals surface area contributed by atoms with Gasteiger partial charge in [-0.25, -0.2) is 13.2 Å². The molecule has 21 heavy (non-hydrogen) atoms. The molecule has 0 unspecified atom stereocenters. The number of amides is 3. The fraction of sp³-hybridized carbons (Fsp3) is 0.333. The highest BCUT2D eigenvalue weighted by Crippen LogP contribution is 2.26. The van der Waals surface area contributed by atoms with Crippen LogP contribution < -0.4 is 5.32 Å². The van der Waals surface area contributed by atoms with E-state index in [9.17, 15) is 18.0 Å². The van der Waals surface area contributed by atoms with Gasteiger partial charge in [0, 0.05) is 17.6 Å². The zero-order chi connectivity index (χ0) is 15.2. The van der Waals surface area contributed by atoms with Crippen LogP contribution in [0.25, 0.3) is 0 Å². The highest BCUT2D eigenvalue weighted by molar-refractivity contribution is 9.10. The molecule has 2 saturated heterocycles. The zero-order valence-electron chi connectivity index (χ0n) is 10.8. The van der Waals surface area contributed by atoms with E-state index in [-0.39, 0.29) is 36.5 Å². The van der Waals surface area contributed by atoms with E-state index in [0.717, 1.165) is 9.37 Å². The van der Waals surface area contributed by atoms with Gasteiger partial charge < -0.3 is 5.32 Å². The number of sulfonamides is 1. The van der Waals surface area contributed by atoms with Crippen LogP contribution in [0.15, 0.2) is 33.6 Å². The second-order valence-corrected chi connectivity index (χ2v) is 7.71. The first-order chi connectivity index (χ1) is 9.89. The largest absolute Gasteiger partial charge is 0.329 e. The van der Waals surface area contributed by atoms with Crippen LogP contribution in [0.4, 0.5) is 4.79 Å². The van der Waals surface area contributed by atoms with Crippen LogP contribution >= 0.6 is 15.9 Å². The van der Waals surface area contributed by atoms with Crippen molar-refractivity contribution in [1.29, 1.82) is 0 Å². The lowest BCUT2D eigenvalue weighted by Gasteiger charge is -2.41. The van der Waals surface area contributed by atoms with E-state index >= 15 is 0 Å². The Morgan fingerprint density at radius 1 is 1.14 bits per heavy atom. The molecule has 0 bridgehead atoms. The molecule has 1 aromatic rings. The number of urea groups is 1. The summed E-state index contributed by atoms with van der Waals surface area (Å²) < 4.78 is 26.8. The first-order valence-corrected chi connectivity index (χ1v) is 8.48. The zero-order valence-corrected chi connectivity index (χ0v) is 13.2. The summed E-state index contributed by atoms with van der Waals surface area (Å²) >= 11 is 3.25. The molecule has 3 rings (SSSR count). The van der Waals surface area contributed by atoms with Gasteiger partial charge in [-0.1, -0.05) is 15.9 Å². The van der Waals surface area contributed by atoms with Crippen molar-refractivity contribution in [2.24, 2.45) is 0 Å². The monoisotopic (exact) mass is 373 g/mol. The third kappa shape index (κ3) is 2.45. The van der Waals surface area contributed by atoms with Crippen molar-refractivity contribution in [2.75, 3.05) is 19.6 Å². The molecule has 0 radical (unpaired) electrons. The maximum absolute atomic E-state index is 12.4. The summed E-state index contributed by atoms with van der Waals surface area (Å²) in [5.41, 5.74) is 0. The van der Waals surface area contributed by atoms with Gasteiger partial charge in [0.15, 0.2) is 0 Å². The van der Waals surface area contributed by atoms with Gasteiger partial charge in [-0.15, -0.1) is 0 Å². The van der Waals surface area contributed by atoms with Crippen molar-refractivity contribution in [3.8, 4) is 0 Å². The molecular formula is C12H12BrN3O4S. The van der Waals surface area contributed by atoms with E-state index in [1.807, 2.05) is 0 Å². The van der Waals surface area contributed by atoms with Crippen molar-refractivity contribution >= 4 is 37.9 Å². The van der Waals surface area contributed by atoms with E-state index in [1.165, 1.54) is 16.4 Å². The quantitative estimate of drug-likeness (QED) is 0.775. The second kappa shape index (κ2) is 5.08. The average Bonchev–Trinajstić information content (AvgIpc) is 2.69. The molecule has 2 heterocycles. The molecule has 2 aliphatic rings. The smallest absolute Gasteiger partial charge is 0.324 e. The molecule has 0 spiro atoms. The van der Waals surface area contributed by atoms with Crippen LogP contribution in [-0.4, -0.2) is 55.2 Å². The standard InChI is InChI=1S/C12H12BrN3O4S/c13-8-1-3-10(4-2-8)21(19,20)15-6-9(7-15)16-11(17)5-14-12(16)18/h1-4,9H,5-7H2,(H,14,18). The topological polar surface area (TPSA) is 86.8 Å². The van der Waals surface area contributed by atoms with Gasteiger partial charge in [0.05, 0.1) is 17.5 Å². The number of hydrogen-bond acceptors (Lipinski definition) is 4. The third-order valence-corrected chi connectivity index (χ3v) is 5.90. The Kier molecular flexibility index (Phi) is 3.50. The van der Waals surface area contributed by atoms with Gasteiger partial charge in [0.25, 0.3) is 0 Å². The molecule has 0 aromatic heterocycles. The number of imide groups is 1. The van der Waals surface area contributed by atoms with E-state index in [0.29, 0.717) is 0 Å². The summed E-state index contributed by atoms with van der Waals surface area (Å²) in [6.45, 7) is 0.254. The van der Waals surface area contributed by atoms with Crippen LogP contribution in [-0.2, 0) is 14.8 Å².